The summed E-state index contributed by atoms with van der Waals surface area (Å²) in [7, 11) is 0. The molecule has 0 radical (unpaired) electrons. The first-order valence-corrected chi connectivity index (χ1v) is 7.71. The van der Waals surface area contributed by atoms with Gasteiger partial charge >= 0.3 is 0 Å². The normalized spacial score (nSPS) is 12.7. The first-order valence-electron chi connectivity index (χ1n) is 6.92. The molecule has 1 aliphatic rings. The first kappa shape index (κ1) is 14.1. The molecule has 0 atom stereocenters. The van der Waals surface area contributed by atoms with Crippen LogP contribution in [0.25, 0.3) is 0 Å². The summed E-state index contributed by atoms with van der Waals surface area (Å²) in [6.45, 7) is 3.18. The summed E-state index contributed by atoms with van der Waals surface area (Å²) in [6, 6.07) is 11.0. The molecule has 4 heteroatoms. The van der Waals surface area contributed by atoms with Crippen LogP contribution in [-0.4, -0.2) is 19.0 Å². The third kappa shape index (κ3) is 2.81. The van der Waals surface area contributed by atoms with Crippen LogP contribution < -0.4 is 9.47 Å². The molecule has 21 heavy (non-hydrogen) atoms. The Morgan fingerprint density at radius 2 is 2.05 bits per heavy atom. The summed E-state index contributed by atoms with van der Waals surface area (Å²) in [5.41, 5.74) is 2.33. The molecule has 0 saturated heterocycles. The molecule has 1 heterocycles. The van der Waals surface area contributed by atoms with Crippen molar-refractivity contribution in [2.75, 3.05) is 13.2 Å². The Kier molecular flexibility index (Phi) is 3.97. The van der Waals surface area contributed by atoms with Gasteiger partial charge in [0.25, 0.3) is 0 Å². The Morgan fingerprint density at radius 1 is 1.29 bits per heavy atom. The van der Waals surface area contributed by atoms with Gasteiger partial charge in [-0.25, -0.2) is 0 Å². The minimum atomic E-state index is -0.0301. The van der Waals surface area contributed by atoms with E-state index >= 15 is 0 Å². The van der Waals surface area contributed by atoms with Crippen molar-refractivity contribution in [1.29, 1.82) is 0 Å². The number of carbonyl (C=O) groups is 1. The van der Waals surface area contributed by atoms with Gasteiger partial charge in [-0.05, 0) is 48.9 Å². The van der Waals surface area contributed by atoms with Gasteiger partial charge in [-0.2, -0.15) is 0 Å². The third-order valence-electron chi connectivity index (χ3n) is 3.42. The summed E-state index contributed by atoms with van der Waals surface area (Å²) in [6.07, 6.45) is 0.846. The van der Waals surface area contributed by atoms with Crippen molar-refractivity contribution in [3.05, 3.63) is 57.6 Å². The quantitative estimate of drug-likeness (QED) is 0.784. The van der Waals surface area contributed by atoms with Crippen LogP contribution in [0.15, 0.2) is 40.9 Å². The van der Waals surface area contributed by atoms with E-state index in [1.54, 1.807) is 12.1 Å². The third-order valence-corrected chi connectivity index (χ3v) is 3.88. The van der Waals surface area contributed by atoms with Gasteiger partial charge < -0.3 is 9.47 Å². The van der Waals surface area contributed by atoms with Crippen molar-refractivity contribution >= 4 is 21.7 Å². The number of fused-ring (bicyclic) bond motifs is 1. The molecule has 0 aromatic heterocycles. The van der Waals surface area contributed by atoms with Gasteiger partial charge in [0.2, 0.25) is 0 Å². The molecule has 1 aliphatic heterocycles. The van der Waals surface area contributed by atoms with Crippen LogP contribution in [0.1, 0.15) is 28.4 Å². The Labute approximate surface area is 132 Å². The average Bonchev–Trinajstić information content (AvgIpc) is 2.95. The molecule has 0 amide bonds. The lowest BCUT2D eigenvalue weighted by Gasteiger charge is -2.09. The van der Waals surface area contributed by atoms with Crippen molar-refractivity contribution in [1.82, 2.24) is 0 Å². The van der Waals surface area contributed by atoms with Crippen LogP contribution in [0.2, 0.25) is 0 Å². The monoisotopic (exact) mass is 346 g/mol. The lowest BCUT2D eigenvalue weighted by atomic mass is 10.00. The van der Waals surface area contributed by atoms with Crippen LogP contribution in [0, 0.1) is 0 Å². The largest absolute Gasteiger partial charge is 0.494 e. The highest BCUT2D eigenvalue weighted by molar-refractivity contribution is 9.10. The van der Waals surface area contributed by atoms with E-state index in [2.05, 4.69) is 15.9 Å². The lowest BCUT2D eigenvalue weighted by molar-refractivity contribution is 0.103. The van der Waals surface area contributed by atoms with Gasteiger partial charge in [-0.3, -0.25) is 4.79 Å². The van der Waals surface area contributed by atoms with Gasteiger partial charge in [-0.15, -0.1) is 0 Å². The van der Waals surface area contributed by atoms with E-state index in [0.717, 1.165) is 28.0 Å². The standard InChI is InChI=1S/C17H15BrO3/c1-2-20-14-5-3-11(4-6-14)16(19)15-10-13(18)9-12-7-8-21-17(12)15/h3-6,9-10H,2,7-8H2,1H3. The molecule has 0 fully saturated rings. The zero-order valence-corrected chi connectivity index (χ0v) is 13.3. The highest BCUT2D eigenvalue weighted by Gasteiger charge is 2.22. The number of rotatable bonds is 4. The molecule has 2 aromatic carbocycles. The second kappa shape index (κ2) is 5.90. The fourth-order valence-electron chi connectivity index (χ4n) is 2.46. The maximum absolute atomic E-state index is 12.7. The maximum atomic E-state index is 12.7. The number of benzene rings is 2. The van der Waals surface area contributed by atoms with Crippen molar-refractivity contribution < 1.29 is 14.3 Å². The smallest absolute Gasteiger partial charge is 0.196 e. The molecule has 3 rings (SSSR count). The molecular weight excluding hydrogens is 332 g/mol. The van der Waals surface area contributed by atoms with Crippen LogP contribution in [0.3, 0.4) is 0 Å². The highest BCUT2D eigenvalue weighted by atomic mass is 79.9. The van der Waals surface area contributed by atoms with Gasteiger partial charge in [0, 0.05) is 16.5 Å². The molecule has 0 saturated carbocycles. The molecular formula is C17H15BrO3. The number of hydrogen-bond donors (Lipinski definition) is 0. The number of carbonyl (C=O) groups excluding carboxylic acids is 1. The Morgan fingerprint density at radius 3 is 2.76 bits per heavy atom. The predicted molar refractivity (Wildman–Crippen MR) is 84.4 cm³/mol. The van der Waals surface area contributed by atoms with Crippen LogP contribution in [0.5, 0.6) is 11.5 Å². The molecule has 3 nitrogen and oxygen atoms in total. The van der Waals surface area contributed by atoms with E-state index in [4.69, 9.17) is 9.47 Å². The summed E-state index contributed by atoms with van der Waals surface area (Å²) in [5.74, 6) is 1.46. The zero-order chi connectivity index (χ0) is 14.8. The van der Waals surface area contributed by atoms with Crippen LogP contribution in [-0.2, 0) is 6.42 Å². The summed E-state index contributed by atoms with van der Waals surface area (Å²) >= 11 is 3.46. The molecule has 0 spiro atoms. The molecule has 0 N–H and O–H groups in total. The van der Waals surface area contributed by atoms with E-state index in [1.807, 2.05) is 31.2 Å². The van der Waals surface area contributed by atoms with Crippen LogP contribution in [0.4, 0.5) is 0 Å². The van der Waals surface area contributed by atoms with Crippen molar-refractivity contribution in [3.63, 3.8) is 0 Å². The topological polar surface area (TPSA) is 35.5 Å². The van der Waals surface area contributed by atoms with Gasteiger partial charge in [0.05, 0.1) is 18.8 Å². The predicted octanol–water partition coefficient (Wildman–Crippen LogP) is 4.01. The second-order valence-electron chi connectivity index (χ2n) is 4.83. The Balaban J connectivity index is 1.95. The number of ketones is 1. The fraction of sp³-hybridized carbons (Fsp3) is 0.235. The van der Waals surface area contributed by atoms with E-state index in [-0.39, 0.29) is 5.78 Å². The number of ether oxygens (including phenoxy) is 2. The Bertz CT molecular complexity index is 677. The van der Waals surface area contributed by atoms with Crippen LogP contribution >= 0.6 is 15.9 Å². The van der Waals surface area contributed by atoms with Gasteiger partial charge in [0.1, 0.15) is 11.5 Å². The summed E-state index contributed by atoms with van der Waals surface area (Å²) < 4.78 is 11.9. The first-order chi connectivity index (χ1) is 10.2. The molecule has 0 aliphatic carbocycles. The highest BCUT2D eigenvalue weighted by Crippen LogP contribution is 2.34. The molecule has 0 unspecified atom stereocenters. The molecule has 2 aromatic rings. The lowest BCUT2D eigenvalue weighted by Crippen LogP contribution is -2.04. The van der Waals surface area contributed by atoms with Crippen molar-refractivity contribution in [3.8, 4) is 11.5 Å². The number of halogens is 1. The second-order valence-corrected chi connectivity index (χ2v) is 5.74. The Hall–Kier alpha value is -1.81. The van der Waals surface area contributed by atoms with Crippen molar-refractivity contribution in [2.45, 2.75) is 13.3 Å². The van der Waals surface area contributed by atoms with E-state index in [0.29, 0.717) is 24.3 Å². The summed E-state index contributed by atoms with van der Waals surface area (Å²) in [5, 5.41) is 0. The summed E-state index contributed by atoms with van der Waals surface area (Å²) in [4.78, 5) is 12.7. The van der Waals surface area contributed by atoms with Gasteiger partial charge in [0.15, 0.2) is 5.78 Å². The van der Waals surface area contributed by atoms with E-state index < -0.39 is 0 Å². The fourth-order valence-corrected chi connectivity index (χ4v) is 2.97. The number of hydrogen-bond acceptors (Lipinski definition) is 3. The van der Waals surface area contributed by atoms with E-state index in [1.165, 1.54) is 0 Å². The maximum Gasteiger partial charge on any atom is 0.196 e. The van der Waals surface area contributed by atoms with Gasteiger partial charge in [-0.1, -0.05) is 15.9 Å². The average molecular weight is 347 g/mol. The SMILES string of the molecule is CCOc1ccc(C(=O)c2cc(Br)cc3c2OCC3)cc1. The van der Waals surface area contributed by atoms with Crippen molar-refractivity contribution in [2.24, 2.45) is 0 Å². The minimum absolute atomic E-state index is 0.0301. The molecule has 0 bridgehead atoms. The molecule has 108 valence electrons. The zero-order valence-electron chi connectivity index (χ0n) is 11.7. The minimum Gasteiger partial charge on any atom is -0.494 e. The van der Waals surface area contributed by atoms with E-state index in [9.17, 15) is 4.79 Å².